The van der Waals surface area contributed by atoms with Crippen molar-refractivity contribution in [1.29, 1.82) is 0 Å². The van der Waals surface area contributed by atoms with Crippen LogP contribution in [0.15, 0.2) is 36.8 Å². The molecule has 0 atom stereocenters. The molecule has 162 valence electrons. The van der Waals surface area contributed by atoms with Gasteiger partial charge in [-0.15, -0.1) is 0 Å². The van der Waals surface area contributed by atoms with E-state index in [-0.39, 0.29) is 30.7 Å². The lowest BCUT2D eigenvalue weighted by atomic mass is 9.84. The van der Waals surface area contributed by atoms with Gasteiger partial charge in [0.1, 0.15) is 5.65 Å². The summed E-state index contributed by atoms with van der Waals surface area (Å²) >= 11 is 0. The monoisotopic (exact) mass is 417 g/mol. The predicted octanol–water partition coefficient (Wildman–Crippen LogP) is 4.86. The molecule has 1 saturated carbocycles. The number of pyridine rings is 1. The Morgan fingerprint density at radius 1 is 1.30 bits per heavy atom. The third-order valence-corrected chi connectivity index (χ3v) is 6.28. The van der Waals surface area contributed by atoms with Gasteiger partial charge in [-0.2, -0.15) is 0 Å². The molecule has 0 aromatic carbocycles. The van der Waals surface area contributed by atoms with Crippen molar-refractivity contribution in [3.05, 3.63) is 48.1 Å². The van der Waals surface area contributed by atoms with Crippen LogP contribution in [0.5, 0.6) is 0 Å². The van der Waals surface area contributed by atoms with Gasteiger partial charge in [-0.3, -0.25) is 4.79 Å². The van der Waals surface area contributed by atoms with Crippen molar-refractivity contribution in [2.45, 2.75) is 63.8 Å². The predicted molar refractivity (Wildman–Crippen MR) is 111 cm³/mol. The van der Waals surface area contributed by atoms with E-state index in [2.05, 4.69) is 11.6 Å². The number of carbonyl (C=O) groups excluding carboxylic acids is 1. The molecule has 0 spiro atoms. The number of rotatable bonds is 5. The summed E-state index contributed by atoms with van der Waals surface area (Å²) in [6.07, 6.45) is 7.07. The largest absolute Gasteiger partial charge is 0.381 e. The van der Waals surface area contributed by atoms with Gasteiger partial charge in [0.15, 0.2) is 0 Å². The molecule has 2 aromatic heterocycles. The smallest absolute Gasteiger partial charge is 0.258 e. The summed E-state index contributed by atoms with van der Waals surface area (Å²) in [5, 5.41) is 0. The maximum Gasteiger partial charge on any atom is 0.258 e. The van der Waals surface area contributed by atoms with Crippen molar-refractivity contribution in [3.8, 4) is 0 Å². The molecular weight excluding hydrogens is 388 g/mol. The van der Waals surface area contributed by atoms with Crippen molar-refractivity contribution in [2.24, 2.45) is 5.92 Å². The Morgan fingerprint density at radius 2 is 2.00 bits per heavy atom. The first-order valence-electron chi connectivity index (χ1n) is 10.7. The minimum absolute atomic E-state index is 0.0351. The van der Waals surface area contributed by atoms with E-state index in [1.807, 2.05) is 23.7 Å². The fraction of sp³-hybridized carbons (Fsp3) is 0.565. The molecule has 3 heterocycles. The highest BCUT2D eigenvalue weighted by atomic mass is 19.3. The Bertz CT molecular complexity index is 924. The van der Waals surface area contributed by atoms with Gasteiger partial charge in [0.2, 0.25) is 5.92 Å². The average Bonchev–Trinajstić information content (AvgIpc) is 3.11. The number of allylic oxidation sites excluding steroid dienone is 1. The SMILES string of the molecule is C=C(C)N(C(=O)c1ccn2cc(CC3CCC(F)(F)CC3)nc2c1)C1CCOCC1. The van der Waals surface area contributed by atoms with E-state index in [1.165, 1.54) is 0 Å². The summed E-state index contributed by atoms with van der Waals surface area (Å²) in [4.78, 5) is 19.7. The second-order valence-corrected chi connectivity index (χ2v) is 8.67. The van der Waals surface area contributed by atoms with Gasteiger partial charge in [0.05, 0.1) is 5.69 Å². The maximum atomic E-state index is 13.4. The lowest BCUT2D eigenvalue weighted by molar-refractivity contribution is -0.0457. The third kappa shape index (κ3) is 4.56. The number of alkyl halides is 2. The number of halogens is 2. The molecule has 2 aromatic rings. The van der Waals surface area contributed by atoms with Gasteiger partial charge in [-0.25, -0.2) is 13.8 Å². The van der Waals surface area contributed by atoms with Crippen molar-refractivity contribution >= 4 is 11.6 Å². The summed E-state index contributed by atoms with van der Waals surface area (Å²) in [6, 6.07) is 3.70. The molecule has 1 saturated heterocycles. The van der Waals surface area contributed by atoms with Crippen LogP contribution in [0.1, 0.15) is 61.5 Å². The van der Waals surface area contributed by atoms with E-state index >= 15 is 0 Å². The second kappa shape index (κ2) is 8.46. The lowest BCUT2D eigenvalue weighted by Crippen LogP contribution is -2.42. The third-order valence-electron chi connectivity index (χ3n) is 6.28. The van der Waals surface area contributed by atoms with E-state index in [0.717, 1.165) is 24.2 Å². The van der Waals surface area contributed by atoms with Gasteiger partial charge in [0, 0.05) is 55.8 Å². The van der Waals surface area contributed by atoms with Gasteiger partial charge in [0.25, 0.3) is 5.91 Å². The lowest BCUT2D eigenvalue weighted by Gasteiger charge is -2.34. The first kappa shape index (κ1) is 21.0. The fourth-order valence-electron chi connectivity index (χ4n) is 4.60. The molecule has 30 heavy (non-hydrogen) atoms. The molecule has 0 radical (unpaired) electrons. The van der Waals surface area contributed by atoms with Crippen molar-refractivity contribution in [1.82, 2.24) is 14.3 Å². The van der Waals surface area contributed by atoms with Crippen LogP contribution in [-0.4, -0.2) is 45.4 Å². The Morgan fingerprint density at radius 3 is 2.67 bits per heavy atom. The van der Waals surface area contributed by atoms with Crippen LogP contribution < -0.4 is 0 Å². The highest BCUT2D eigenvalue weighted by Gasteiger charge is 2.35. The molecule has 7 heteroatoms. The quantitative estimate of drug-likeness (QED) is 0.698. The first-order valence-corrected chi connectivity index (χ1v) is 10.7. The first-order chi connectivity index (χ1) is 14.3. The van der Waals surface area contributed by atoms with Crippen LogP contribution in [0, 0.1) is 5.92 Å². The number of nitrogens with zero attached hydrogens (tertiary/aromatic N) is 3. The summed E-state index contributed by atoms with van der Waals surface area (Å²) in [7, 11) is 0. The average molecular weight is 418 g/mol. The molecule has 1 aliphatic heterocycles. The molecule has 0 N–H and O–H groups in total. The molecule has 2 aliphatic rings. The minimum Gasteiger partial charge on any atom is -0.381 e. The Balaban J connectivity index is 1.50. The van der Waals surface area contributed by atoms with Gasteiger partial charge >= 0.3 is 0 Å². The van der Waals surface area contributed by atoms with Crippen LogP contribution in [0.4, 0.5) is 8.78 Å². The number of hydrogen-bond donors (Lipinski definition) is 0. The Hall–Kier alpha value is -2.28. The molecular formula is C23H29F2N3O2. The molecule has 2 fully saturated rings. The van der Waals surface area contributed by atoms with Crippen molar-refractivity contribution in [2.75, 3.05) is 13.2 Å². The fourth-order valence-corrected chi connectivity index (χ4v) is 4.60. The summed E-state index contributed by atoms with van der Waals surface area (Å²) in [5.41, 5.74) is 2.89. The van der Waals surface area contributed by atoms with Crippen LogP contribution in [0.25, 0.3) is 5.65 Å². The molecule has 1 aliphatic carbocycles. The second-order valence-electron chi connectivity index (χ2n) is 8.67. The van der Waals surface area contributed by atoms with Crippen LogP contribution >= 0.6 is 0 Å². The van der Waals surface area contributed by atoms with Crippen LogP contribution in [0.2, 0.25) is 0 Å². The van der Waals surface area contributed by atoms with Crippen LogP contribution in [-0.2, 0) is 11.2 Å². The summed E-state index contributed by atoms with van der Waals surface area (Å²) in [6.45, 7) is 7.16. The minimum atomic E-state index is -2.51. The van der Waals surface area contributed by atoms with Gasteiger partial charge in [-0.1, -0.05) is 6.58 Å². The zero-order valence-electron chi connectivity index (χ0n) is 17.4. The van der Waals surface area contributed by atoms with Crippen LogP contribution in [0.3, 0.4) is 0 Å². The standard InChI is InChI=1S/C23H29F2N3O2/c1-16(2)28(20-6-11-30-12-7-20)22(29)18-5-10-27-15-19(26-21(27)14-18)13-17-3-8-23(24,25)9-4-17/h5,10,14-15,17,20H,1,3-4,6-9,11-13H2,2H3. The van der Waals surface area contributed by atoms with E-state index < -0.39 is 5.92 Å². The highest BCUT2D eigenvalue weighted by molar-refractivity contribution is 5.96. The van der Waals surface area contributed by atoms with Crippen molar-refractivity contribution < 1.29 is 18.3 Å². The molecule has 1 amide bonds. The Labute approximate surface area is 175 Å². The van der Waals surface area contributed by atoms with E-state index in [0.29, 0.717) is 43.7 Å². The van der Waals surface area contributed by atoms with Gasteiger partial charge < -0.3 is 14.0 Å². The Kier molecular flexibility index (Phi) is 5.91. The number of ether oxygens (including phenoxy) is 1. The number of imidazole rings is 1. The maximum absolute atomic E-state index is 13.4. The zero-order valence-corrected chi connectivity index (χ0v) is 17.4. The number of amides is 1. The topological polar surface area (TPSA) is 46.8 Å². The highest BCUT2D eigenvalue weighted by Crippen LogP contribution is 2.37. The molecule has 0 unspecified atom stereocenters. The summed E-state index contributed by atoms with van der Waals surface area (Å²) < 4.78 is 34.1. The summed E-state index contributed by atoms with van der Waals surface area (Å²) in [5.74, 6) is -2.34. The number of hydrogen-bond acceptors (Lipinski definition) is 3. The van der Waals surface area contributed by atoms with E-state index in [9.17, 15) is 13.6 Å². The van der Waals surface area contributed by atoms with E-state index in [1.54, 1.807) is 17.0 Å². The van der Waals surface area contributed by atoms with Gasteiger partial charge in [-0.05, 0) is 57.1 Å². The zero-order chi connectivity index (χ0) is 21.3. The molecule has 0 bridgehead atoms. The van der Waals surface area contributed by atoms with Crippen molar-refractivity contribution in [3.63, 3.8) is 0 Å². The normalized spacial score (nSPS) is 20.4. The number of fused-ring (bicyclic) bond motifs is 1. The van der Waals surface area contributed by atoms with E-state index in [4.69, 9.17) is 4.74 Å². The molecule has 4 rings (SSSR count). The molecule has 5 nitrogen and oxygen atoms in total. The number of carbonyl (C=O) groups is 1. The number of aromatic nitrogens is 2.